The predicted octanol–water partition coefficient (Wildman–Crippen LogP) is 14.0. The molecule has 0 amide bonds. The molecular weight excluding hydrogens is 777 g/mol. The minimum Gasteiger partial charge on any atom is -0.366 e. The highest BCUT2D eigenvalue weighted by Crippen LogP contribution is 2.41. The molecule has 2 heterocycles. The van der Waals surface area contributed by atoms with E-state index in [0.29, 0.717) is 0 Å². The zero-order chi connectivity index (χ0) is 43.2. The van der Waals surface area contributed by atoms with Crippen molar-refractivity contribution in [2.45, 2.75) is 31.8 Å². The molecule has 1 aromatic heterocycles. The number of aromatic nitrogens is 2. The van der Waals surface area contributed by atoms with Crippen LogP contribution in [0.25, 0.3) is 67.0 Å². The fourth-order valence-corrected chi connectivity index (χ4v) is 9.17. The third kappa shape index (κ3) is 8.82. The molecule has 1 atom stereocenters. The van der Waals surface area contributed by atoms with Crippen molar-refractivity contribution in [2.24, 2.45) is 7.05 Å². The molecule has 0 bridgehead atoms. The van der Waals surface area contributed by atoms with Crippen LogP contribution in [0.4, 0.5) is 0 Å². The summed E-state index contributed by atoms with van der Waals surface area (Å²) in [6, 6.07) is 71.8. The van der Waals surface area contributed by atoms with E-state index in [1.807, 2.05) is 25.6 Å². The summed E-state index contributed by atoms with van der Waals surface area (Å²) in [5, 5.41) is 3.45. The molecule has 4 heteroatoms. The van der Waals surface area contributed by atoms with E-state index in [1.165, 1.54) is 83.5 Å². The van der Waals surface area contributed by atoms with Crippen LogP contribution in [0.15, 0.2) is 219 Å². The van der Waals surface area contributed by atoms with Gasteiger partial charge < -0.3 is 14.8 Å². The molecule has 0 fully saturated rings. The third-order valence-corrected chi connectivity index (χ3v) is 12.7. The summed E-state index contributed by atoms with van der Waals surface area (Å²) >= 11 is 0. The third-order valence-electron chi connectivity index (χ3n) is 12.7. The lowest BCUT2D eigenvalue weighted by molar-refractivity contribution is 0.340. The van der Waals surface area contributed by atoms with Crippen molar-refractivity contribution >= 4 is 0 Å². The molecule has 1 aliphatic rings. The minimum atomic E-state index is 0.183. The van der Waals surface area contributed by atoms with Crippen molar-refractivity contribution in [1.29, 1.82) is 0 Å². The van der Waals surface area contributed by atoms with Gasteiger partial charge in [-0.25, -0.2) is 4.98 Å². The Labute approximate surface area is 377 Å². The molecule has 0 spiro atoms. The molecule has 4 nitrogen and oxygen atoms in total. The molecule has 9 aromatic rings. The zero-order valence-corrected chi connectivity index (χ0v) is 36.5. The normalized spacial score (nSPS) is 13.3. The Morgan fingerprint density at radius 2 is 0.938 bits per heavy atom. The van der Waals surface area contributed by atoms with E-state index in [4.69, 9.17) is 0 Å². The summed E-state index contributed by atoms with van der Waals surface area (Å²) in [5.74, 6) is 0.985. The lowest BCUT2D eigenvalue weighted by atomic mass is 9.86. The summed E-state index contributed by atoms with van der Waals surface area (Å²) in [7, 11) is 4.15. The monoisotopic (exact) mass is 828 g/mol. The molecule has 8 aromatic carbocycles. The Balaban J connectivity index is 1.01. The first-order valence-electron chi connectivity index (χ1n) is 22.4. The molecule has 64 heavy (non-hydrogen) atoms. The fraction of sp³-hybridized carbons (Fsp3) is 0.117. The van der Waals surface area contributed by atoms with Crippen molar-refractivity contribution in [3.05, 3.63) is 247 Å². The molecule has 0 radical (unpaired) electrons. The number of imidazole rings is 1. The minimum absolute atomic E-state index is 0.183. The van der Waals surface area contributed by atoms with Crippen molar-refractivity contribution in [3.8, 4) is 67.0 Å². The van der Waals surface area contributed by atoms with Crippen molar-refractivity contribution < 1.29 is 0 Å². The predicted molar refractivity (Wildman–Crippen MR) is 266 cm³/mol. The van der Waals surface area contributed by atoms with Crippen LogP contribution < -0.4 is 5.32 Å². The van der Waals surface area contributed by atoms with Gasteiger partial charge in [-0.2, -0.15) is 0 Å². The maximum atomic E-state index is 4.56. The van der Waals surface area contributed by atoms with Gasteiger partial charge >= 0.3 is 0 Å². The fourth-order valence-electron chi connectivity index (χ4n) is 9.17. The summed E-state index contributed by atoms with van der Waals surface area (Å²) < 4.78 is 2.07. The first kappa shape index (κ1) is 40.4. The van der Waals surface area contributed by atoms with Gasteiger partial charge in [-0.3, -0.25) is 0 Å². The van der Waals surface area contributed by atoms with Crippen LogP contribution >= 0.6 is 0 Å². The largest absolute Gasteiger partial charge is 0.366 e. The van der Waals surface area contributed by atoms with Gasteiger partial charge in [-0.05, 0) is 115 Å². The van der Waals surface area contributed by atoms with E-state index in [1.54, 1.807) is 0 Å². The number of hydrogen-bond donors (Lipinski definition) is 1. The number of hydrogen-bond acceptors (Lipinski definition) is 3. The van der Waals surface area contributed by atoms with Gasteiger partial charge in [0, 0.05) is 44.5 Å². The lowest BCUT2D eigenvalue weighted by Crippen LogP contribution is -2.23. The number of benzene rings is 8. The Kier molecular flexibility index (Phi) is 11.6. The Bertz CT molecular complexity index is 3020. The van der Waals surface area contributed by atoms with Crippen LogP contribution in [0.2, 0.25) is 0 Å². The summed E-state index contributed by atoms with van der Waals surface area (Å²) in [6.07, 6.45) is 12.0. The lowest BCUT2D eigenvalue weighted by Gasteiger charge is -2.21. The van der Waals surface area contributed by atoms with Gasteiger partial charge in [0.2, 0.25) is 0 Å². The van der Waals surface area contributed by atoms with Crippen LogP contribution in [0.3, 0.4) is 0 Å². The van der Waals surface area contributed by atoms with Crippen LogP contribution in [0, 0.1) is 0 Å². The molecule has 1 aliphatic heterocycles. The molecule has 1 unspecified atom stereocenters. The quantitative estimate of drug-likeness (QED) is 0.126. The van der Waals surface area contributed by atoms with Gasteiger partial charge in [0.15, 0.2) is 0 Å². The van der Waals surface area contributed by atoms with E-state index in [9.17, 15) is 0 Å². The molecular formula is C60H52N4. The van der Waals surface area contributed by atoms with E-state index < -0.39 is 0 Å². The van der Waals surface area contributed by atoms with Crippen molar-refractivity contribution in [3.63, 3.8) is 0 Å². The van der Waals surface area contributed by atoms with Crippen molar-refractivity contribution in [1.82, 2.24) is 19.8 Å². The summed E-state index contributed by atoms with van der Waals surface area (Å²) in [5.41, 5.74) is 20.0. The van der Waals surface area contributed by atoms with Crippen molar-refractivity contribution in [2.75, 3.05) is 7.05 Å². The second-order valence-corrected chi connectivity index (χ2v) is 17.0. The highest BCUT2D eigenvalue weighted by atomic mass is 15.3. The van der Waals surface area contributed by atoms with Gasteiger partial charge in [-0.1, -0.05) is 188 Å². The molecule has 0 saturated heterocycles. The summed E-state index contributed by atoms with van der Waals surface area (Å²) in [6.45, 7) is 0. The van der Waals surface area contributed by atoms with Gasteiger partial charge in [-0.15, -0.1) is 0 Å². The SMILES string of the molecule is CN1C=CNC1c1ccc(CCc2cc(CCc3ccc(-c4nccn4C)cc3)cc(-c3ccccc3-c3ccc(-c4ccccc4)cc3-c3ccc(-c4ccccc4)cc3)c2)cc1. The molecule has 10 rings (SSSR count). The maximum absolute atomic E-state index is 4.56. The average Bonchev–Trinajstić information content (AvgIpc) is 4.00. The van der Waals surface area contributed by atoms with E-state index in [2.05, 4.69) is 227 Å². The van der Waals surface area contributed by atoms with Gasteiger partial charge in [0.05, 0.1) is 0 Å². The Hall–Kier alpha value is -7.69. The second-order valence-electron chi connectivity index (χ2n) is 17.0. The molecule has 0 aliphatic carbocycles. The van der Waals surface area contributed by atoms with Crippen LogP contribution in [-0.4, -0.2) is 21.5 Å². The first-order valence-corrected chi connectivity index (χ1v) is 22.4. The Morgan fingerprint density at radius 1 is 0.422 bits per heavy atom. The number of rotatable bonds is 13. The van der Waals surface area contributed by atoms with Crippen LogP contribution in [-0.2, 0) is 32.7 Å². The summed E-state index contributed by atoms with van der Waals surface area (Å²) in [4.78, 5) is 6.77. The Morgan fingerprint density at radius 3 is 1.55 bits per heavy atom. The number of nitrogens with zero attached hydrogens (tertiary/aromatic N) is 3. The number of nitrogens with one attached hydrogen (secondary N) is 1. The van der Waals surface area contributed by atoms with E-state index in [-0.39, 0.29) is 6.17 Å². The topological polar surface area (TPSA) is 33.1 Å². The zero-order valence-electron chi connectivity index (χ0n) is 36.5. The average molecular weight is 829 g/mol. The highest BCUT2D eigenvalue weighted by molar-refractivity contribution is 5.94. The van der Waals surface area contributed by atoms with Crippen LogP contribution in [0.5, 0.6) is 0 Å². The molecule has 1 N–H and O–H groups in total. The van der Waals surface area contributed by atoms with E-state index >= 15 is 0 Å². The first-order chi connectivity index (χ1) is 31.5. The maximum Gasteiger partial charge on any atom is 0.139 e. The van der Waals surface area contributed by atoms with Gasteiger partial charge in [0.25, 0.3) is 0 Å². The van der Waals surface area contributed by atoms with Gasteiger partial charge in [0.1, 0.15) is 12.0 Å². The second kappa shape index (κ2) is 18.3. The molecule has 0 saturated carbocycles. The standard InChI is InChI=1S/C60H52N4/c1-63-37-35-61-59(63)51-25-21-43(22-26-51)17-19-45-39-46(20-18-44-23-27-52(28-24-44)60-62-36-38-64(60)2)41-54(40-45)55-15-9-10-16-56(55)57-34-33-53(48-13-7-4-8-14-48)42-58(57)50-31-29-49(30-32-50)47-11-5-3-6-12-47/h3-16,21-42,59,61H,17-20H2,1-2H3. The highest BCUT2D eigenvalue weighted by Gasteiger charge is 2.18. The van der Waals surface area contributed by atoms with E-state index in [0.717, 1.165) is 37.1 Å². The van der Waals surface area contributed by atoms with Crippen LogP contribution in [0.1, 0.15) is 34.0 Å². The molecule has 312 valence electrons. The number of aryl methyl sites for hydroxylation is 5. The smallest absolute Gasteiger partial charge is 0.139 e.